The number of anilines is 2. The Hall–Kier alpha value is -5.08. The van der Waals surface area contributed by atoms with Crippen LogP contribution >= 0.6 is 0 Å². The minimum Gasteiger partial charge on any atom is -0.465 e. The molecule has 2 aromatic rings. The third-order valence-corrected chi connectivity index (χ3v) is 3.56. The van der Waals surface area contributed by atoms with E-state index in [4.69, 9.17) is 10.2 Å². The van der Waals surface area contributed by atoms with Gasteiger partial charge in [-0.2, -0.15) is 0 Å². The molecule has 0 atom stereocenters. The van der Waals surface area contributed by atoms with Crippen molar-refractivity contribution >= 4 is 46.9 Å². The minimum atomic E-state index is -1.71. The van der Waals surface area contributed by atoms with Gasteiger partial charge < -0.3 is 14.9 Å². The van der Waals surface area contributed by atoms with Crippen LogP contribution in [0.3, 0.4) is 0 Å². The van der Waals surface area contributed by atoms with Crippen LogP contribution in [0.2, 0.25) is 0 Å². The van der Waals surface area contributed by atoms with Crippen molar-refractivity contribution in [3.8, 4) is 0 Å². The van der Waals surface area contributed by atoms with E-state index in [1.165, 1.54) is 0 Å². The number of nitro groups is 2. The first-order valence-corrected chi connectivity index (χ1v) is 7.84. The van der Waals surface area contributed by atoms with E-state index in [2.05, 4.69) is 4.74 Å². The summed E-state index contributed by atoms with van der Waals surface area (Å²) in [6.45, 7) is 0. The minimum absolute atomic E-state index is 0.592. The molecular formula is C16H10N4O11. The molecule has 0 aliphatic heterocycles. The van der Waals surface area contributed by atoms with Crippen LogP contribution in [-0.2, 0) is 4.74 Å². The van der Waals surface area contributed by atoms with Crippen molar-refractivity contribution < 1.29 is 44.0 Å². The maximum Gasteiger partial charge on any atom is 0.409 e. The number of ether oxygens (including phenoxy) is 1. The molecule has 0 aliphatic carbocycles. The number of hydrogen-bond acceptors (Lipinski definition) is 9. The number of nitro benzene ring substituents is 2. The summed E-state index contributed by atoms with van der Waals surface area (Å²) in [6, 6.07) is 5.72. The van der Waals surface area contributed by atoms with Gasteiger partial charge in [0.05, 0.1) is 21.2 Å². The highest BCUT2D eigenvalue weighted by atomic mass is 16.6. The Balaban J connectivity index is 2.54. The van der Waals surface area contributed by atoms with Crippen molar-refractivity contribution in [2.45, 2.75) is 0 Å². The maximum absolute atomic E-state index is 12.5. The lowest BCUT2D eigenvalue weighted by Gasteiger charge is -2.11. The summed E-state index contributed by atoms with van der Waals surface area (Å²) < 4.78 is 4.50. The van der Waals surface area contributed by atoms with Crippen LogP contribution in [-0.4, -0.2) is 44.2 Å². The van der Waals surface area contributed by atoms with Crippen LogP contribution < -0.4 is 10.6 Å². The molecule has 0 heterocycles. The summed E-state index contributed by atoms with van der Waals surface area (Å²) in [4.78, 5) is 67.1. The number of carbonyl (C=O) groups excluding carboxylic acids is 2. The lowest BCUT2D eigenvalue weighted by molar-refractivity contribution is -0.385. The molecule has 160 valence electrons. The predicted molar refractivity (Wildman–Crippen MR) is 99.2 cm³/mol. The van der Waals surface area contributed by atoms with Gasteiger partial charge in [0.2, 0.25) is 0 Å². The molecule has 0 saturated heterocycles. The quantitative estimate of drug-likeness (QED) is 0.223. The third kappa shape index (κ3) is 5.05. The Kier molecular flexibility index (Phi) is 6.41. The number of hydrogen-bond donors (Lipinski definition) is 4. The Morgan fingerprint density at radius 2 is 1.10 bits per heavy atom. The molecule has 31 heavy (non-hydrogen) atoms. The monoisotopic (exact) mass is 434 g/mol. The molecule has 2 rings (SSSR count). The molecule has 15 heteroatoms. The van der Waals surface area contributed by atoms with Gasteiger partial charge in [0.15, 0.2) is 11.1 Å². The Morgan fingerprint density at radius 1 is 0.742 bits per heavy atom. The molecule has 0 unspecified atom stereocenters. The van der Waals surface area contributed by atoms with Crippen LogP contribution in [0.15, 0.2) is 36.4 Å². The van der Waals surface area contributed by atoms with E-state index in [-0.39, 0.29) is 0 Å². The summed E-state index contributed by atoms with van der Waals surface area (Å²) in [5.41, 5.74) is -4.92. The molecule has 0 radical (unpaired) electrons. The highest BCUT2D eigenvalue weighted by Crippen LogP contribution is 2.30. The first kappa shape index (κ1) is 22.2. The van der Waals surface area contributed by atoms with Gasteiger partial charge in [-0.15, -0.1) is 0 Å². The van der Waals surface area contributed by atoms with Gasteiger partial charge in [-0.1, -0.05) is 12.1 Å². The van der Waals surface area contributed by atoms with Crippen molar-refractivity contribution in [3.05, 3.63) is 67.8 Å². The van der Waals surface area contributed by atoms with E-state index in [9.17, 15) is 39.4 Å². The van der Waals surface area contributed by atoms with E-state index < -0.39 is 67.8 Å². The second kappa shape index (κ2) is 8.95. The summed E-state index contributed by atoms with van der Waals surface area (Å²) in [6.07, 6.45) is -3.37. The number of benzene rings is 2. The molecule has 0 spiro atoms. The molecule has 0 bridgehead atoms. The number of rotatable bonds is 6. The van der Waals surface area contributed by atoms with E-state index >= 15 is 0 Å². The standard InChI is InChI=1S/C16H10N4O11/c21-13(11-7(17-15(23)24)3-1-5-9(11)19(27)28)31-14(22)12-8(18-16(25)26)4-2-6-10(12)20(29)30/h1-6,17-18H,(H,23,24)(H,25,26). The SMILES string of the molecule is O=C(O)Nc1cccc([N+](=O)[O-])c1C(=O)OC(=O)c1c(NC(=O)O)cccc1[N+](=O)[O-]. The second-order valence-corrected chi connectivity index (χ2v) is 5.45. The summed E-state index contributed by atoms with van der Waals surface area (Å²) >= 11 is 0. The fourth-order valence-corrected chi connectivity index (χ4v) is 2.44. The van der Waals surface area contributed by atoms with Crippen LogP contribution in [0.25, 0.3) is 0 Å². The van der Waals surface area contributed by atoms with Crippen molar-refractivity contribution in [2.75, 3.05) is 10.6 Å². The highest BCUT2D eigenvalue weighted by molar-refractivity contribution is 6.12. The van der Waals surface area contributed by atoms with Crippen LogP contribution in [0, 0.1) is 20.2 Å². The molecule has 2 aromatic carbocycles. The number of carbonyl (C=O) groups is 4. The topological polar surface area (TPSA) is 228 Å². The summed E-state index contributed by atoms with van der Waals surface area (Å²) in [5.74, 6) is -3.42. The van der Waals surface area contributed by atoms with E-state index in [1.54, 1.807) is 10.6 Å². The predicted octanol–water partition coefficient (Wildman–Crippen LogP) is 2.68. The fourth-order valence-electron chi connectivity index (χ4n) is 2.44. The molecule has 0 aliphatic rings. The first-order chi connectivity index (χ1) is 14.5. The van der Waals surface area contributed by atoms with Gasteiger partial charge in [-0.05, 0) is 12.1 Å². The lowest BCUT2D eigenvalue weighted by Crippen LogP contribution is -2.20. The Morgan fingerprint density at radius 3 is 1.39 bits per heavy atom. The zero-order chi connectivity index (χ0) is 23.3. The maximum atomic E-state index is 12.5. The number of esters is 2. The zero-order valence-corrected chi connectivity index (χ0v) is 14.9. The van der Waals surface area contributed by atoms with Crippen LogP contribution in [0.5, 0.6) is 0 Å². The highest BCUT2D eigenvalue weighted by Gasteiger charge is 2.32. The smallest absolute Gasteiger partial charge is 0.409 e. The third-order valence-electron chi connectivity index (χ3n) is 3.56. The Labute approximate surface area is 170 Å². The van der Waals surface area contributed by atoms with Crippen molar-refractivity contribution in [3.63, 3.8) is 0 Å². The molecule has 0 saturated carbocycles. The summed E-state index contributed by atoms with van der Waals surface area (Å²) in [5, 5.41) is 43.6. The van der Waals surface area contributed by atoms with E-state index in [0.29, 0.717) is 0 Å². The van der Waals surface area contributed by atoms with Crippen molar-refractivity contribution in [2.24, 2.45) is 0 Å². The molecule has 0 fully saturated rings. The molecular weight excluding hydrogens is 424 g/mol. The van der Waals surface area contributed by atoms with E-state index in [1.807, 2.05) is 0 Å². The zero-order valence-electron chi connectivity index (χ0n) is 14.9. The second-order valence-electron chi connectivity index (χ2n) is 5.45. The van der Waals surface area contributed by atoms with Crippen molar-refractivity contribution in [1.82, 2.24) is 0 Å². The number of nitrogens with one attached hydrogen (secondary N) is 2. The van der Waals surface area contributed by atoms with Gasteiger partial charge in [-0.25, -0.2) is 19.2 Å². The van der Waals surface area contributed by atoms with Crippen LogP contribution in [0.1, 0.15) is 20.7 Å². The van der Waals surface area contributed by atoms with Crippen molar-refractivity contribution in [1.29, 1.82) is 0 Å². The van der Waals surface area contributed by atoms with Gasteiger partial charge in [0.1, 0.15) is 0 Å². The largest absolute Gasteiger partial charge is 0.465 e. The average molecular weight is 434 g/mol. The molecule has 15 nitrogen and oxygen atoms in total. The molecule has 2 amide bonds. The normalized spacial score (nSPS) is 9.94. The van der Waals surface area contributed by atoms with E-state index in [0.717, 1.165) is 36.4 Å². The average Bonchev–Trinajstić information content (AvgIpc) is 2.66. The lowest BCUT2D eigenvalue weighted by atomic mass is 10.1. The number of carboxylic acid groups (broad SMARTS) is 2. The first-order valence-electron chi connectivity index (χ1n) is 7.84. The Bertz CT molecular complexity index is 1040. The van der Waals surface area contributed by atoms with Gasteiger partial charge >= 0.3 is 24.1 Å². The number of nitrogens with zero attached hydrogens (tertiary/aromatic N) is 2. The number of amides is 2. The fraction of sp³-hybridized carbons (Fsp3) is 0. The van der Waals surface area contributed by atoms with Gasteiger partial charge in [0, 0.05) is 12.1 Å². The van der Waals surface area contributed by atoms with Crippen LogP contribution in [0.4, 0.5) is 32.3 Å². The summed E-state index contributed by atoms with van der Waals surface area (Å²) in [7, 11) is 0. The molecule has 4 N–H and O–H groups in total. The van der Waals surface area contributed by atoms with Gasteiger partial charge in [0.25, 0.3) is 11.4 Å². The van der Waals surface area contributed by atoms with Gasteiger partial charge in [-0.3, -0.25) is 30.9 Å². The molecule has 0 aromatic heterocycles.